The maximum Gasteiger partial charge on any atom is 0.328 e. The van der Waals surface area contributed by atoms with Crippen LogP contribution in [0.15, 0.2) is 0 Å². The van der Waals surface area contributed by atoms with Gasteiger partial charge in [0, 0.05) is 6.04 Å². The molecule has 1 fully saturated rings. The number of carboxylic acid groups (broad SMARTS) is 1. The molecule has 1 atom stereocenters. The highest BCUT2D eigenvalue weighted by Crippen LogP contribution is 2.27. The van der Waals surface area contributed by atoms with Crippen molar-refractivity contribution in [2.45, 2.75) is 24.9 Å². The van der Waals surface area contributed by atoms with Crippen molar-refractivity contribution in [1.82, 2.24) is 4.90 Å². The summed E-state index contributed by atoms with van der Waals surface area (Å²) in [7, 11) is 0. The van der Waals surface area contributed by atoms with Gasteiger partial charge < -0.3 is 15.1 Å². The Labute approximate surface area is 69.6 Å². The molecule has 1 unspecified atom stereocenters. The number of hydrogen-bond donors (Lipinski definition) is 2. The summed E-state index contributed by atoms with van der Waals surface area (Å²) in [6.07, 6.45) is 2.16. The van der Waals surface area contributed by atoms with Gasteiger partial charge in [-0.05, 0) is 12.8 Å². The standard InChI is InChI=1S/C7H11NO4/c9-3-6(7(11)12)8(4-10)5-1-2-5/h4-6,9H,1-3H2,(H,11,12). The third-order valence-corrected chi connectivity index (χ3v) is 1.91. The molecule has 0 heterocycles. The summed E-state index contributed by atoms with van der Waals surface area (Å²) in [5.41, 5.74) is 0. The molecule has 1 aliphatic rings. The number of aliphatic hydroxyl groups is 1. The first-order chi connectivity index (χ1) is 5.70. The van der Waals surface area contributed by atoms with E-state index < -0.39 is 18.6 Å². The second-order valence-electron chi connectivity index (χ2n) is 2.82. The van der Waals surface area contributed by atoms with E-state index in [4.69, 9.17) is 10.2 Å². The van der Waals surface area contributed by atoms with Crippen molar-refractivity contribution in [1.29, 1.82) is 0 Å². The number of aliphatic hydroxyl groups excluding tert-OH is 1. The molecule has 2 N–H and O–H groups in total. The van der Waals surface area contributed by atoms with E-state index in [2.05, 4.69) is 0 Å². The number of nitrogens with zero attached hydrogens (tertiary/aromatic N) is 1. The quantitative estimate of drug-likeness (QED) is 0.525. The molecule has 0 bridgehead atoms. The van der Waals surface area contributed by atoms with E-state index >= 15 is 0 Å². The molecule has 0 aromatic carbocycles. The van der Waals surface area contributed by atoms with Gasteiger partial charge in [0.05, 0.1) is 6.61 Å². The summed E-state index contributed by atoms with van der Waals surface area (Å²) in [6.45, 7) is -0.523. The molecule has 5 nitrogen and oxygen atoms in total. The highest BCUT2D eigenvalue weighted by Gasteiger charge is 2.35. The molecular formula is C7H11NO4. The van der Waals surface area contributed by atoms with Crippen LogP contribution in [0.25, 0.3) is 0 Å². The van der Waals surface area contributed by atoms with Gasteiger partial charge in [0.25, 0.3) is 0 Å². The molecule has 1 rings (SSSR count). The molecule has 0 saturated heterocycles. The van der Waals surface area contributed by atoms with Crippen molar-refractivity contribution in [2.24, 2.45) is 0 Å². The molecule has 12 heavy (non-hydrogen) atoms. The first kappa shape index (κ1) is 8.99. The van der Waals surface area contributed by atoms with Crippen LogP contribution in [0.1, 0.15) is 12.8 Å². The summed E-state index contributed by atoms with van der Waals surface area (Å²) in [5.74, 6) is -1.16. The minimum absolute atomic E-state index is 0.0238. The maximum atomic E-state index is 10.5. The van der Waals surface area contributed by atoms with E-state index in [-0.39, 0.29) is 6.04 Å². The molecule has 0 aromatic rings. The predicted molar refractivity (Wildman–Crippen MR) is 39.4 cm³/mol. The van der Waals surface area contributed by atoms with Crippen molar-refractivity contribution < 1.29 is 19.8 Å². The van der Waals surface area contributed by atoms with E-state index in [1.54, 1.807) is 0 Å². The van der Waals surface area contributed by atoms with Crippen LogP contribution in [0.2, 0.25) is 0 Å². The minimum Gasteiger partial charge on any atom is -0.480 e. The normalized spacial score (nSPS) is 18.4. The zero-order valence-electron chi connectivity index (χ0n) is 6.51. The Morgan fingerprint density at radius 1 is 1.67 bits per heavy atom. The van der Waals surface area contributed by atoms with Crippen LogP contribution < -0.4 is 0 Å². The van der Waals surface area contributed by atoms with Crippen LogP contribution in [0.3, 0.4) is 0 Å². The highest BCUT2D eigenvalue weighted by atomic mass is 16.4. The third kappa shape index (κ3) is 1.73. The predicted octanol–water partition coefficient (Wildman–Crippen LogP) is -0.947. The lowest BCUT2D eigenvalue weighted by Gasteiger charge is -2.22. The van der Waals surface area contributed by atoms with Crippen molar-refractivity contribution in [3.63, 3.8) is 0 Å². The lowest BCUT2D eigenvalue weighted by Crippen LogP contribution is -2.44. The molecule has 1 saturated carbocycles. The fourth-order valence-corrected chi connectivity index (χ4v) is 1.09. The number of carbonyl (C=O) groups excluding carboxylic acids is 1. The van der Waals surface area contributed by atoms with Gasteiger partial charge >= 0.3 is 5.97 Å². The Hall–Kier alpha value is -1.10. The van der Waals surface area contributed by atoms with Crippen LogP contribution in [-0.2, 0) is 9.59 Å². The number of rotatable bonds is 5. The number of carbonyl (C=O) groups is 2. The molecule has 0 aromatic heterocycles. The Kier molecular flexibility index (Phi) is 2.65. The van der Waals surface area contributed by atoms with Crippen LogP contribution >= 0.6 is 0 Å². The van der Waals surface area contributed by atoms with Crippen LogP contribution in [0.4, 0.5) is 0 Å². The molecule has 1 amide bonds. The Balaban J connectivity index is 2.59. The Morgan fingerprint density at radius 3 is 2.50 bits per heavy atom. The molecular weight excluding hydrogens is 162 g/mol. The summed E-state index contributed by atoms with van der Waals surface area (Å²) < 4.78 is 0. The molecule has 0 radical (unpaired) electrons. The minimum atomic E-state index is -1.16. The maximum absolute atomic E-state index is 10.5. The monoisotopic (exact) mass is 173 g/mol. The average Bonchev–Trinajstić information content (AvgIpc) is 2.81. The second-order valence-corrected chi connectivity index (χ2v) is 2.82. The van der Waals surface area contributed by atoms with Crippen LogP contribution in [0.5, 0.6) is 0 Å². The van der Waals surface area contributed by atoms with Gasteiger partial charge in [0.1, 0.15) is 0 Å². The zero-order valence-corrected chi connectivity index (χ0v) is 6.51. The number of aliphatic carboxylic acids is 1. The van der Waals surface area contributed by atoms with Crippen molar-refractivity contribution >= 4 is 12.4 Å². The van der Waals surface area contributed by atoms with E-state index in [0.717, 1.165) is 12.8 Å². The largest absolute Gasteiger partial charge is 0.480 e. The number of amides is 1. The third-order valence-electron chi connectivity index (χ3n) is 1.91. The molecule has 5 heteroatoms. The molecule has 68 valence electrons. The van der Waals surface area contributed by atoms with E-state index in [0.29, 0.717) is 6.41 Å². The first-order valence-corrected chi connectivity index (χ1v) is 3.77. The number of hydrogen-bond acceptors (Lipinski definition) is 3. The first-order valence-electron chi connectivity index (χ1n) is 3.77. The second kappa shape index (κ2) is 3.53. The van der Waals surface area contributed by atoms with Gasteiger partial charge in [-0.1, -0.05) is 0 Å². The summed E-state index contributed by atoms with van der Waals surface area (Å²) in [6, 6.07) is -1.05. The fraction of sp³-hybridized carbons (Fsp3) is 0.714. The SMILES string of the molecule is O=CN(C1CC1)C(CO)C(=O)O. The van der Waals surface area contributed by atoms with E-state index in [9.17, 15) is 9.59 Å². The summed E-state index contributed by atoms with van der Waals surface area (Å²) >= 11 is 0. The van der Waals surface area contributed by atoms with Crippen molar-refractivity contribution in [3.05, 3.63) is 0 Å². The Bertz CT molecular complexity index is 190. The molecule has 1 aliphatic carbocycles. The highest BCUT2D eigenvalue weighted by molar-refractivity contribution is 5.76. The zero-order chi connectivity index (χ0) is 9.14. The van der Waals surface area contributed by atoms with Crippen LogP contribution in [-0.4, -0.2) is 46.2 Å². The van der Waals surface area contributed by atoms with Gasteiger partial charge in [0.2, 0.25) is 6.41 Å². The Morgan fingerprint density at radius 2 is 2.25 bits per heavy atom. The van der Waals surface area contributed by atoms with Gasteiger partial charge in [0.15, 0.2) is 6.04 Å². The van der Waals surface area contributed by atoms with E-state index in [1.165, 1.54) is 4.90 Å². The van der Waals surface area contributed by atoms with Gasteiger partial charge in [-0.2, -0.15) is 0 Å². The van der Waals surface area contributed by atoms with Gasteiger partial charge in [-0.15, -0.1) is 0 Å². The lowest BCUT2D eigenvalue weighted by molar-refractivity contribution is -0.148. The van der Waals surface area contributed by atoms with Gasteiger partial charge in [-0.3, -0.25) is 4.79 Å². The van der Waals surface area contributed by atoms with Gasteiger partial charge in [-0.25, -0.2) is 4.79 Å². The topological polar surface area (TPSA) is 77.8 Å². The fourth-order valence-electron chi connectivity index (χ4n) is 1.09. The summed E-state index contributed by atoms with van der Waals surface area (Å²) in [4.78, 5) is 22.1. The smallest absolute Gasteiger partial charge is 0.328 e. The lowest BCUT2D eigenvalue weighted by atomic mass is 10.3. The molecule has 0 spiro atoms. The average molecular weight is 173 g/mol. The summed E-state index contributed by atoms with van der Waals surface area (Å²) in [5, 5.41) is 17.3. The van der Waals surface area contributed by atoms with Crippen LogP contribution in [0, 0.1) is 0 Å². The number of carboxylic acids is 1. The van der Waals surface area contributed by atoms with E-state index in [1.807, 2.05) is 0 Å². The molecule has 0 aliphatic heterocycles. The van der Waals surface area contributed by atoms with Crippen molar-refractivity contribution in [3.8, 4) is 0 Å². The van der Waals surface area contributed by atoms with Crippen molar-refractivity contribution in [2.75, 3.05) is 6.61 Å².